The molecule has 2 aliphatic rings. The van der Waals surface area contributed by atoms with Gasteiger partial charge in [-0.1, -0.05) is 61.6 Å². The number of rotatable bonds is 9. The van der Waals surface area contributed by atoms with E-state index in [4.69, 9.17) is 31.5 Å². The van der Waals surface area contributed by atoms with Crippen molar-refractivity contribution in [3.05, 3.63) is 95.0 Å². The summed E-state index contributed by atoms with van der Waals surface area (Å²) in [6, 6.07) is 23.5. The van der Waals surface area contributed by atoms with Crippen molar-refractivity contribution in [1.82, 2.24) is 14.7 Å². The zero-order valence-corrected chi connectivity index (χ0v) is 23.5. The van der Waals surface area contributed by atoms with Gasteiger partial charge < -0.3 is 14.2 Å². The first kappa shape index (κ1) is 26.2. The molecule has 40 heavy (non-hydrogen) atoms. The van der Waals surface area contributed by atoms with Gasteiger partial charge in [-0.2, -0.15) is 5.10 Å². The first-order chi connectivity index (χ1) is 19.6. The lowest BCUT2D eigenvalue weighted by Crippen LogP contribution is -2.27. The summed E-state index contributed by atoms with van der Waals surface area (Å²) in [5.41, 5.74) is 4.37. The number of thiocarbonyl (C=S) groups is 1. The molecule has 6 rings (SSSR count). The van der Waals surface area contributed by atoms with Crippen molar-refractivity contribution in [3.63, 3.8) is 0 Å². The number of thioether (sulfide) groups is 1. The van der Waals surface area contributed by atoms with Gasteiger partial charge >= 0.3 is 0 Å². The van der Waals surface area contributed by atoms with Gasteiger partial charge in [0.1, 0.15) is 10.1 Å². The van der Waals surface area contributed by atoms with Gasteiger partial charge in [-0.25, -0.2) is 4.68 Å². The molecule has 202 valence electrons. The van der Waals surface area contributed by atoms with Crippen molar-refractivity contribution >= 4 is 40.3 Å². The van der Waals surface area contributed by atoms with Crippen molar-refractivity contribution in [2.75, 3.05) is 13.4 Å². The van der Waals surface area contributed by atoms with Gasteiger partial charge in [0.15, 0.2) is 11.5 Å². The zero-order valence-electron chi connectivity index (χ0n) is 21.9. The van der Waals surface area contributed by atoms with Gasteiger partial charge in [0.25, 0.3) is 5.91 Å². The Morgan fingerprint density at radius 1 is 1.05 bits per heavy atom. The second-order valence-corrected chi connectivity index (χ2v) is 11.1. The maximum atomic E-state index is 13.5. The molecule has 0 aliphatic carbocycles. The third-order valence-corrected chi connectivity index (χ3v) is 7.97. The van der Waals surface area contributed by atoms with E-state index in [0.717, 1.165) is 46.7 Å². The van der Waals surface area contributed by atoms with Crippen LogP contribution >= 0.6 is 24.0 Å². The molecule has 0 radical (unpaired) electrons. The number of carbonyl (C=O) groups is 1. The van der Waals surface area contributed by atoms with Crippen molar-refractivity contribution in [1.29, 1.82) is 0 Å². The largest absolute Gasteiger partial charge is 0.494 e. The summed E-state index contributed by atoms with van der Waals surface area (Å²) in [6.45, 7) is 3.39. The molecule has 7 nitrogen and oxygen atoms in total. The van der Waals surface area contributed by atoms with E-state index in [0.29, 0.717) is 33.9 Å². The quantitative estimate of drug-likeness (QED) is 0.124. The molecule has 0 unspecified atom stereocenters. The highest BCUT2D eigenvalue weighted by atomic mass is 32.2. The highest BCUT2D eigenvalue weighted by molar-refractivity contribution is 8.26. The normalized spacial score (nSPS) is 15.3. The summed E-state index contributed by atoms with van der Waals surface area (Å²) in [7, 11) is 0. The first-order valence-corrected chi connectivity index (χ1v) is 14.3. The lowest BCUT2D eigenvalue weighted by atomic mass is 10.1. The van der Waals surface area contributed by atoms with Crippen LogP contribution in [-0.4, -0.2) is 38.3 Å². The number of amides is 1. The molecule has 3 heterocycles. The molecule has 1 amide bonds. The van der Waals surface area contributed by atoms with Crippen molar-refractivity contribution in [2.45, 2.75) is 26.3 Å². The second-order valence-electron chi connectivity index (χ2n) is 9.40. The third kappa shape index (κ3) is 5.48. The van der Waals surface area contributed by atoms with E-state index < -0.39 is 0 Å². The number of benzene rings is 3. The Balaban J connectivity index is 1.29. The summed E-state index contributed by atoms with van der Waals surface area (Å²) in [5.74, 6) is 2.08. The SMILES string of the molecule is CCCCOc1ccc(-c2nn(-c3ccccc3)cc2/C=C2\SC(=S)N(Cc3ccc4c(c3)OCO4)C2=O)cc1. The minimum absolute atomic E-state index is 0.134. The van der Waals surface area contributed by atoms with E-state index in [9.17, 15) is 4.79 Å². The summed E-state index contributed by atoms with van der Waals surface area (Å²) >= 11 is 6.91. The van der Waals surface area contributed by atoms with E-state index in [-0.39, 0.29) is 12.7 Å². The van der Waals surface area contributed by atoms with Crippen LogP contribution in [0, 0.1) is 0 Å². The minimum atomic E-state index is -0.134. The number of carbonyl (C=O) groups excluding carboxylic acids is 1. The number of nitrogens with zero attached hydrogens (tertiary/aromatic N) is 3. The van der Waals surface area contributed by atoms with E-state index >= 15 is 0 Å². The van der Waals surface area contributed by atoms with Crippen LogP contribution in [0.1, 0.15) is 30.9 Å². The maximum absolute atomic E-state index is 13.5. The molecule has 0 bridgehead atoms. The van der Waals surface area contributed by atoms with E-state index in [1.165, 1.54) is 11.8 Å². The Morgan fingerprint density at radius 2 is 1.85 bits per heavy atom. The molecule has 0 saturated carbocycles. The predicted octanol–water partition coefficient (Wildman–Crippen LogP) is 6.85. The summed E-state index contributed by atoms with van der Waals surface area (Å²) < 4.78 is 19.1. The molecular formula is C31H27N3O4S2. The lowest BCUT2D eigenvalue weighted by Gasteiger charge is -2.14. The van der Waals surface area contributed by atoms with Gasteiger partial charge in [0.2, 0.25) is 6.79 Å². The predicted molar refractivity (Wildman–Crippen MR) is 161 cm³/mol. The Kier molecular flexibility index (Phi) is 7.57. The topological polar surface area (TPSA) is 65.8 Å². The van der Waals surface area contributed by atoms with Crippen LogP contribution in [0.3, 0.4) is 0 Å². The van der Waals surface area contributed by atoms with Crippen molar-refractivity contribution < 1.29 is 19.0 Å². The highest BCUT2D eigenvalue weighted by Gasteiger charge is 2.33. The molecular weight excluding hydrogens is 542 g/mol. The van der Waals surface area contributed by atoms with E-state index in [2.05, 4.69) is 6.92 Å². The number of ether oxygens (including phenoxy) is 3. The summed E-state index contributed by atoms with van der Waals surface area (Å²) in [4.78, 5) is 15.7. The first-order valence-electron chi connectivity index (χ1n) is 13.1. The molecule has 3 aromatic carbocycles. The molecule has 9 heteroatoms. The smallest absolute Gasteiger partial charge is 0.266 e. The van der Waals surface area contributed by atoms with Gasteiger partial charge in [-0.15, -0.1) is 0 Å². The Hall–Kier alpha value is -4.08. The number of hydrogen-bond donors (Lipinski definition) is 0. The molecule has 1 saturated heterocycles. The van der Waals surface area contributed by atoms with Crippen LogP contribution in [0.25, 0.3) is 23.0 Å². The standard InChI is InChI=1S/C31H27N3O4S2/c1-2-3-15-36-25-12-10-22(11-13-25)29-23(19-34(32-29)24-7-5-4-6-8-24)17-28-30(35)33(31(39)40-28)18-21-9-14-26-27(16-21)38-20-37-26/h4-14,16-17,19H,2-3,15,18,20H2,1H3/b28-17-. The molecule has 0 spiro atoms. The minimum Gasteiger partial charge on any atom is -0.494 e. The zero-order chi connectivity index (χ0) is 27.5. The maximum Gasteiger partial charge on any atom is 0.266 e. The number of aromatic nitrogens is 2. The fourth-order valence-electron chi connectivity index (χ4n) is 4.47. The molecule has 4 aromatic rings. The number of fused-ring (bicyclic) bond motifs is 1. The fourth-order valence-corrected chi connectivity index (χ4v) is 5.72. The van der Waals surface area contributed by atoms with Crippen LogP contribution < -0.4 is 14.2 Å². The molecule has 0 N–H and O–H groups in total. The van der Waals surface area contributed by atoms with Crippen LogP contribution in [0.15, 0.2) is 83.9 Å². The van der Waals surface area contributed by atoms with Gasteiger partial charge in [0.05, 0.1) is 29.4 Å². The second kappa shape index (κ2) is 11.6. The van der Waals surface area contributed by atoms with E-state index in [1.807, 2.05) is 89.8 Å². The molecule has 1 fully saturated rings. The monoisotopic (exact) mass is 569 g/mol. The van der Waals surface area contributed by atoms with Gasteiger partial charge in [0, 0.05) is 17.3 Å². The summed E-state index contributed by atoms with van der Waals surface area (Å²) in [6.07, 6.45) is 5.93. The number of hydrogen-bond acceptors (Lipinski definition) is 7. The van der Waals surface area contributed by atoms with Crippen LogP contribution in [-0.2, 0) is 11.3 Å². The van der Waals surface area contributed by atoms with Crippen LogP contribution in [0.2, 0.25) is 0 Å². The van der Waals surface area contributed by atoms with Crippen LogP contribution in [0.5, 0.6) is 17.2 Å². The number of para-hydroxylation sites is 1. The third-order valence-electron chi connectivity index (χ3n) is 6.60. The van der Waals surface area contributed by atoms with Crippen LogP contribution in [0.4, 0.5) is 0 Å². The highest BCUT2D eigenvalue weighted by Crippen LogP contribution is 2.37. The fraction of sp³-hybridized carbons (Fsp3) is 0.194. The lowest BCUT2D eigenvalue weighted by molar-refractivity contribution is -0.122. The Morgan fingerprint density at radius 3 is 2.65 bits per heavy atom. The number of unbranched alkanes of at least 4 members (excludes halogenated alkanes) is 1. The summed E-state index contributed by atoms with van der Waals surface area (Å²) in [5, 5.41) is 4.90. The van der Waals surface area contributed by atoms with Crippen molar-refractivity contribution in [2.24, 2.45) is 0 Å². The Labute approximate surface area is 242 Å². The molecule has 1 aromatic heterocycles. The average Bonchev–Trinajstić information content (AvgIpc) is 3.69. The molecule has 0 atom stereocenters. The van der Waals surface area contributed by atoms with Gasteiger partial charge in [-0.3, -0.25) is 9.69 Å². The van der Waals surface area contributed by atoms with E-state index in [1.54, 1.807) is 4.90 Å². The van der Waals surface area contributed by atoms with Gasteiger partial charge in [-0.05, 0) is 66.6 Å². The average molecular weight is 570 g/mol. The molecule has 2 aliphatic heterocycles. The Bertz CT molecular complexity index is 1580. The van der Waals surface area contributed by atoms with Crippen molar-refractivity contribution in [3.8, 4) is 34.2 Å².